The number of halogens is 2. The van der Waals surface area contributed by atoms with Crippen LogP contribution in [0, 0.1) is 0 Å². The SMILES string of the molecule is O=C(COC(=O)c1ccc2ccccc2c1O)Nc1ccccc1OC(F)F. The zero-order valence-corrected chi connectivity index (χ0v) is 14.4. The van der Waals surface area contributed by atoms with Crippen molar-refractivity contribution in [2.45, 2.75) is 6.61 Å². The standard InChI is InChI=1S/C20H15F2NO5/c21-20(22)28-16-8-4-3-7-15(16)23-17(24)11-27-19(26)14-10-9-12-5-1-2-6-13(12)18(14)25/h1-10,20,25H,11H2,(H,23,24). The molecule has 8 heteroatoms. The van der Waals surface area contributed by atoms with Crippen molar-refractivity contribution in [2.75, 3.05) is 11.9 Å². The highest BCUT2D eigenvalue weighted by Gasteiger charge is 2.17. The number of esters is 1. The van der Waals surface area contributed by atoms with Crippen LogP contribution in [0.5, 0.6) is 11.5 Å². The first-order valence-corrected chi connectivity index (χ1v) is 8.17. The summed E-state index contributed by atoms with van der Waals surface area (Å²) in [5.41, 5.74) is -0.0784. The van der Waals surface area contributed by atoms with Gasteiger partial charge in [-0.15, -0.1) is 0 Å². The number of carbonyl (C=O) groups is 2. The van der Waals surface area contributed by atoms with Crippen LogP contribution in [0.1, 0.15) is 10.4 Å². The van der Waals surface area contributed by atoms with Crippen molar-refractivity contribution in [3.8, 4) is 11.5 Å². The minimum Gasteiger partial charge on any atom is -0.506 e. The van der Waals surface area contributed by atoms with Gasteiger partial charge >= 0.3 is 12.6 Å². The average Bonchev–Trinajstić information content (AvgIpc) is 2.68. The lowest BCUT2D eigenvalue weighted by Gasteiger charge is -2.12. The summed E-state index contributed by atoms with van der Waals surface area (Å²) in [4.78, 5) is 24.2. The second-order valence-electron chi connectivity index (χ2n) is 5.68. The van der Waals surface area contributed by atoms with E-state index in [0.29, 0.717) is 5.39 Å². The van der Waals surface area contributed by atoms with E-state index in [1.54, 1.807) is 30.3 Å². The molecule has 28 heavy (non-hydrogen) atoms. The summed E-state index contributed by atoms with van der Waals surface area (Å²) in [6.07, 6.45) is 0. The van der Waals surface area contributed by atoms with Crippen molar-refractivity contribution < 1.29 is 33.0 Å². The van der Waals surface area contributed by atoms with Gasteiger partial charge in [-0.1, -0.05) is 42.5 Å². The van der Waals surface area contributed by atoms with Crippen LogP contribution in [-0.2, 0) is 9.53 Å². The summed E-state index contributed by atoms with van der Waals surface area (Å²) in [5.74, 6) is -2.11. The molecule has 0 aliphatic heterocycles. The normalized spacial score (nSPS) is 10.7. The van der Waals surface area contributed by atoms with Crippen molar-refractivity contribution in [1.82, 2.24) is 0 Å². The van der Waals surface area contributed by atoms with Crippen LogP contribution in [0.4, 0.5) is 14.5 Å². The highest BCUT2D eigenvalue weighted by molar-refractivity contribution is 6.02. The van der Waals surface area contributed by atoms with Crippen LogP contribution >= 0.6 is 0 Å². The molecule has 0 unspecified atom stereocenters. The maximum Gasteiger partial charge on any atom is 0.387 e. The number of para-hydroxylation sites is 2. The van der Waals surface area contributed by atoms with Gasteiger partial charge in [0.1, 0.15) is 17.1 Å². The summed E-state index contributed by atoms with van der Waals surface area (Å²) >= 11 is 0. The summed E-state index contributed by atoms with van der Waals surface area (Å²) in [6.45, 7) is -3.72. The molecule has 144 valence electrons. The molecule has 0 aliphatic carbocycles. The summed E-state index contributed by atoms with van der Waals surface area (Å²) in [5, 5.41) is 13.8. The molecular weight excluding hydrogens is 372 g/mol. The van der Waals surface area contributed by atoms with Crippen LogP contribution in [-0.4, -0.2) is 30.2 Å². The first-order chi connectivity index (χ1) is 13.5. The highest BCUT2D eigenvalue weighted by Crippen LogP contribution is 2.29. The lowest BCUT2D eigenvalue weighted by molar-refractivity contribution is -0.119. The van der Waals surface area contributed by atoms with Gasteiger partial charge in [-0.25, -0.2) is 4.79 Å². The quantitative estimate of drug-likeness (QED) is 0.626. The van der Waals surface area contributed by atoms with E-state index in [2.05, 4.69) is 10.1 Å². The van der Waals surface area contributed by atoms with Gasteiger partial charge in [0.2, 0.25) is 0 Å². The number of aromatic hydroxyl groups is 1. The Hall–Kier alpha value is -3.68. The van der Waals surface area contributed by atoms with E-state index in [9.17, 15) is 23.5 Å². The highest BCUT2D eigenvalue weighted by atomic mass is 19.3. The number of phenolic OH excluding ortho intramolecular Hbond substituents is 1. The number of anilines is 1. The molecule has 0 spiro atoms. The van der Waals surface area contributed by atoms with Gasteiger partial charge < -0.3 is 19.9 Å². The lowest BCUT2D eigenvalue weighted by atomic mass is 10.1. The second kappa shape index (κ2) is 8.34. The molecule has 0 saturated carbocycles. The molecule has 3 aromatic rings. The Balaban J connectivity index is 1.65. The molecule has 1 amide bonds. The Morgan fingerprint density at radius 2 is 1.71 bits per heavy atom. The number of ether oxygens (including phenoxy) is 2. The largest absolute Gasteiger partial charge is 0.506 e. The fourth-order valence-corrected chi connectivity index (χ4v) is 2.58. The number of fused-ring (bicyclic) bond motifs is 1. The molecule has 6 nitrogen and oxygen atoms in total. The number of hydrogen-bond donors (Lipinski definition) is 2. The van der Waals surface area contributed by atoms with Gasteiger partial charge in [-0.3, -0.25) is 4.79 Å². The van der Waals surface area contributed by atoms with Gasteiger partial charge in [0.05, 0.1) is 5.69 Å². The Morgan fingerprint density at radius 3 is 2.50 bits per heavy atom. The maximum atomic E-state index is 12.4. The zero-order valence-electron chi connectivity index (χ0n) is 14.4. The molecule has 0 bridgehead atoms. The number of alkyl halides is 2. The fraction of sp³-hybridized carbons (Fsp3) is 0.100. The number of rotatable bonds is 6. The van der Waals surface area contributed by atoms with Crippen molar-refractivity contribution in [3.63, 3.8) is 0 Å². The third kappa shape index (κ3) is 4.35. The predicted molar refractivity (Wildman–Crippen MR) is 97.6 cm³/mol. The van der Waals surface area contributed by atoms with Crippen molar-refractivity contribution in [1.29, 1.82) is 0 Å². The Kier molecular flexibility index (Phi) is 5.69. The molecule has 0 fully saturated rings. The van der Waals surface area contributed by atoms with Gasteiger partial charge in [0, 0.05) is 5.39 Å². The van der Waals surface area contributed by atoms with Gasteiger partial charge in [-0.05, 0) is 23.6 Å². The number of nitrogens with one attached hydrogen (secondary N) is 1. The predicted octanol–water partition coefficient (Wildman–Crippen LogP) is 3.94. The summed E-state index contributed by atoms with van der Waals surface area (Å²) < 4.78 is 34.0. The third-order valence-corrected chi connectivity index (χ3v) is 3.83. The van der Waals surface area contributed by atoms with E-state index in [1.165, 1.54) is 30.3 Å². The summed E-state index contributed by atoms with van der Waals surface area (Å²) in [6, 6.07) is 15.6. The van der Waals surface area contributed by atoms with Gasteiger partial charge in [-0.2, -0.15) is 8.78 Å². The smallest absolute Gasteiger partial charge is 0.387 e. The minimum absolute atomic E-state index is 0.0115. The van der Waals surface area contributed by atoms with E-state index < -0.39 is 25.1 Å². The Bertz CT molecular complexity index is 1020. The molecule has 0 heterocycles. The van der Waals surface area contributed by atoms with Gasteiger partial charge in [0.15, 0.2) is 6.61 Å². The van der Waals surface area contributed by atoms with E-state index in [-0.39, 0.29) is 22.7 Å². The van der Waals surface area contributed by atoms with Crippen molar-refractivity contribution in [2.24, 2.45) is 0 Å². The van der Waals surface area contributed by atoms with Gasteiger partial charge in [0.25, 0.3) is 5.91 Å². The molecular formula is C20H15F2NO5. The van der Waals surface area contributed by atoms with Crippen LogP contribution in [0.15, 0.2) is 60.7 Å². The van der Waals surface area contributed by atoms with E-state index in [1.807, 2.05) is 0 Å². The van der Waals surface area contributed by atoms with E-state index >= 15 is 0 Å². The van der Waals surface area contributed by atoms with Crippen molar-refractivity contribution >= 4 is 28.3 Å². The number of benzene rings is 3. The topological polar surface area (TPSA) is 84.9 Å². The minimum atomic E-state index is -3.05. The fourth-order valence-electron chi connectivity index (χ4n) is 2.58. The molecule has 3 aromatic carbocycles. The lowest BCUT2D eigenvalue weighted by Crippen LogP contribution is -2.21. The first-order valence-electron chi connectivity index (χ1n) is 8.17. The molecule has 0 aromatic heterocycles. The Labute approximate surface area is 158 Å². The summed E-state index contributed by atoms with van der Waals surface area (Å²) in [7, 11) is 0. The first kappa shape index (κ1) is 19.1. The Morgan fingerprint density at radius 1 is 1.00 bits per heavy atom. The van der Waals surface area contributed by atoms with Crippen LogP contribution < -0.4 is 10.1 Å². The van der Waals surface area contributed by atoms with Crippen LogP contribution in [0.25, 0.3) is 10.8 Å². The molecule has 0 saturated heterocycles. The number of hydrogen-bond acceptors (Lipinski definition) is 5. The molecule has 0 aliphatic rings. The molecule has 2 N–H and O–H groups in total. The van der Waals surface area contributed by atoms with Crippen LogP contribution in [0.3, 0.4) is 0 Å². The van der Waals surface area contributed by atoms with Crippen LogP contribution in [0.2, 0.25) is 0 Å². The van der Waals surface area contributed by atoms with Crippen molar-refractivity contribution in [3.05, 3.63) is 66.2 Å². The monoisotopic (exact) mass is 387 g/mol. The van der Waals surface area contributed by atoms with E-state index in [4.69, 9.17) is 4.74 Å². The second-order valence-corrected chi connectivity index (χ2v) is 5.68. The number of amides is 1. The maximum absolute atomic E-state index is 12.4. The van der Waals surface area contributed by atoms with E-state index in [0.717, 1.165) is 5.39 Å². The molecule has 3 rings (SSSR count). The molecule has 0 radical (unpaired) electrons. The number of carbonyl (C=O) groups excluding carboxylic acids is 2. The molecule has 0 atom stereocenters. The average molecular weight is 387 g/mol. The number of phenols is 1. The third-order valence-electron chi connectivity index (χ3n) is 3.83. The zero-order chi connectivity index (χ0) is 20.1.